The molecule has 0 radical (unpaired) electrons. The summed E-state index contributed by atoms with van der Waals surface area (Å²) in [6.07, 6.45) is 2.00. The molecule has 0 fully saturated rings. The van der Waals surface area contributed by atoms with E-state index in [1.807, 2.05) is 38.4 Å². The van der Waals surface area contributed by atoms with E-state index in [4.69, 9.17) is 0 Å². The van der Waals surface area contributed by atoms with Gasteiger partial charge in [0.1, 0.15) is 0 Å². The van der Waals surface area contributed by atoms with Crippen molar-refractivity contribution in [3.05, 3.63) is 39.3 Å². The van der Waals surface area contributed by atoms with Crippen molar-refractivity contribution in [3.8, 4) is 0 Å². The number of carbonyl (C=O) groups is 1. The summed E-state index contributed by atoms with van der Waals surface area (Å²) in [7, 11) is 1.88. The summed E-state index contributed by atoms with van der Waals surface area (Å²) in [5.41, 5.74) is 5.40. The lowest BCUT2D eigenvalue weighted by Crippen LogP contribution is -2.19. The van der Waals surface area contributed by atoms with Gasteiger partial charge in [-0.3, -0.25) is 9.48 Å². The van der Waals surface area contributed by atoms with Gasteiger partial charge in [0.2, 0.25) is 5.91 Å². The third-order valence-corrected chi connectivity index (χ3v) is 3.74. The van der Waals surface area contributed by atoms with Crippen LogP contribution in [0.3, 0.4) is 0 Å². The predicted octanol–water partition coefficient (Wildman–Crippen LogP) is 1.79. The molecule has 0 atom stereocenters. The van der Waals surface area contributed by atoms with Crippen LogP contribution in [0.2, 0.25) is 0 Å². The molecule has 19 heavy (non-hydrogen) atoms. The molecule has 0 unspecified atom stereocenters. The Kier molecular flexibility index (Phi) is 4.11. The lowest BCUT2D eigenvalue weighted by atomic mass is 10.2. The molecule has 0 aliphatic carbocycles. The maximum absolute atomic E-state index is 11.6. The number of rotatable bonds is 4. The largest absolute Gasteiger partial charge is 0.273 e. The fourth-order valence-electron chi connectivity index (χ4n) is 1.76. The number of hydrazone groups is 1. The number of aromatic nitrogens is 2. The molecule has 1 amide bonds. The first-order valence-corrected chi connectivity index (χ1v) is 6.80. The summed E-state index contributed by atoms with van der Waals surface area (Å²) in [5.74, 6) is -0.113. The summed E-state index contributed by atoms with van der Waals surface area (Å²) < 4.78 is 1.80. The molecule has 0 saturated heterocycles. The molecule has 1 N–H and O–H groups in total. The molecule has 2 aromatic heterocycles. The van der Waals surface area contributed by atoms with Gasteiger partial charge in [0.05, 0.1) is 18.3 Å². The Balaban J connectivity index is 1.94. The molecule has 6 heteroatoms. The smallest absolute Gasteiger partial charge is 0.245 e. The molecule has 2 rings (SSSR count). The zero-order valence-electron chi connectivity index (χ0n) is 11.2. The first kappa shape index (κ1) is 13.5. The third kappa shape index (κ3) is 3.29. The second-order valence-electron chi connectivity index (χ2n) is 4.26. The van der Waals surface area contributed by atoms with Crippen molar-refractivity contribution >= 4 is 23.5 Å². The zero-order valence-corrected chi connectivity index (χ0v) is 12.0. The summed E-state index contributed by atoms with van der Waals surface area (Å²) >= 11 is 1.56. The normalized spacial score (nSPS) is 11.1. The van der Waals surface area contributed by atoms with Gasteiger partial charge >= 0.3 is 0 Å². The molecular weight excluding hydrogens is 260 g/mol. The van der Waals surface area contributed by atoms with Gasteiger partial charge in [-0.05, 0) is 25.3 Å². The number of hydrogen-bond acceptors (Lipinski definition) is 4. The number of hydrogen-bond donors (Lipinski definition) is 1. The van der Waals surface area contributed by atoms with Crippen molar-refractivity contribution in [2.75, 3.05) is 0 Å². The first-order chi connectivity index (χ1) is 9.08. The van der Waals surface area contributed by atoms with E-state index in [1.54, 1.807) is 22.2 Å². The Morgan fingerprint density at radius 2 is 2.37 bits per heavy atom. The van der Waals surface area contributed by atoms with Crippen LogP contribution in [-0.4, -0.2) is 21.9 Å². The lowest BCUT2D eigenvalue weighted by Gasteiger charge is -1.97. The van der Waals surface area contributed by atoms with Gasteiger partial charge in [-0.15, -0.1) is 11.3 Å². The van der Waals surface area contributed by atoms with Gasteiger partial charge in [-0.1, -0.05) is 6.07 Å². The molecule has 0 aliphatic rings. The van der Waals surface area contributed by atoms with E-state index >= 15 is 0 Å². The molecule has 2 heterocycles. The van der Waals surface area contributed by atoms with Gasteiger partial charge in [0, 0.05) is 23.2 Å². The van der Waals surface area contributed by atoms with Crippen molar-refractivity contribution in [2.45, 2.75) is 20.3 Å². The van der Waals surface area contributed by atoms with Crippen LogP contribution in [0, 0.1) is 13.8 Å². The molecule has 0 spiro atoms. The van der Waals surface area contributed by atoms with Crippen molar-refractivity contribution in [1.82, 2.24) is 15.2 Å². The van der Waals surface area contributed by atoms with Crippen LogP contribution in [0.25, 0.3) is 0 Å². The van der Waals surface area contributed by atoms with E-state index in [0.717, 1.165) is 21.8 Å². The summed E-state index contributed by atoms with van der Waals surface area (Å²) in [5, 5.41) is 10.2. The van der Waals surface area contributed by atoms with Crippen molar-refractivity contribution in [3.63, 3.8) is 0 Å². The Morgan fingerprint density at radius 1 is 1.58 bits per heavy atom. The second-order valence-corrected chi connectivity index (χ2v) is 5.29. The number of carbonyl (C=O) groups excluding carboxylic acids is 1. The van der Waals surface area contributed by atoms with Crippen LogP contribution in [0.1, 0.15) is 21.8 Å². The molecule has 0 aliphatic heterocycles. The van der Waals surface area contributed by atoms with Crippen molar-refractivity contribution in [2.24, 2.45) is 12.1 Å². The van der Waals surface area contributed by atoms with E-state index in [2.05, 4.69) is 15.6 Å². The van der Waals surface area contributed by atoms with E-state index in [-0.39, 0.29) is 5.91 Å². The van der Waals surface area contributed by atoms with Crippen molar-refractivity contribution in [1.29, 1.82) is 0 Å². The average Bonchev–Trinajstić information content (AvgIpc) is 2.93. The molecule has 100 valence electrons. The van der Waals surface area contributed by atoms with Crippen LogP contribution in [0.5, 0.6) is 0 Å². The Hall–Kier alpha value is -1.95. The highest BCUT2D eigenvalue weighted by atomic mass is 32.1. The standard InChI is InChI=1S/C13H16N4OS/c1-9-12(10(2)17(3)16-9)8-14-15-13(18)7-11-5-4-6-19-11/h4-6,8H,7H2,1-3H3,(H,15,18)/b14-8+. The maximum atomic E-state index is 11.6. The van der Waals surface area contributed by atoms with Crippen LogP contribution < -0.4 is 5.43 Å². The number of nitrogens with one attached hydrogen (secondary N) is 1. The highest BCUT2D eigenvalue weighted by Gasteiger charge is 2.07. The summed E-state index contributed by atoms with van der Waals surface area (Å²) in [6.45, 7) is 3.89. The SMILES string of the molecule is Cc1nn(C)c(C)c1/C=N/NC(=O)Cc1cccs1. The van der Waals surface area contributed by atoms with Gasteiger partial charge < -0.3 is 0 Å². The third-order valence-electron chi connectivity index (χ3n) is 2.86. The Bertz CT molecular complexity index is 598. The van der Waals surface area contributed by atoms with Crippen LogP contribution in [0.4, 0.5) is 0 Å². The minimum atomic E-state index is -0.113. The van der Waals surface area contributed by atoms with E-state index in [1.165, 1.54) is 0 Å². The van der Waals surface area contributed by atoms with E-state index < -0.39 is 0 Å². The zero-order chi connectivity index (χ0) is 13.8. The average molecular weight is 276 g/mol. The highest BCUT2D eigenvalue weighted by molar-refractivity contribution is 7.10. The molecule has 2 aromatic rings. The van der Waals surface area contributed by atoms with E-state index in [9.17, 15) is 4.79 Å². The number of thiophene rings is 1. The highest BCUT2D eigenvalue weighted by Crippen LogP contribution is 2.09. The van der Waals surface area contributed by atoms with Crippen LogP contribution in [0.15, 0.2) is 22.6 Å². The Morgan fingerprint density at radius 3 is 2.95 bits per heavy atom. The first-order valence-electron chi connectivity index (χ1n) is 5.92. The Labute approximate surface area is 116 Å². The van der Waals surface area contributed by atoms with Gasteiger partial charge in [-0.25, -0.2) is 5.43 Å². The van der Waals surface area contributed by atoms with Gasteiger partial charge in [0.15, 0.2) is 0 Å². The van der Waals surface area contributed by atoms with E-state index in [0.29, 0.717) is 6.42 Å². The molecule has 5 nitrogen and oxygen atoms in total. The number of aryl methyl sites for hydroxylation is 2. The second kappa shape index (κ2) is 5.79. The van der Waals surface area contributed by atoms with Crippen molar-refractivity contribution < 1.29 is 4.79 Å². The van der Waals surface area contributed by atoms with Crippen LogP contribution in [-0.2, 0) is 18.3 Å². The van der Waals surface area contributed by atoms with Gasteiger partial charge in [0.25, 0.3) is 0 Å². The lowest BCUT2D eigenvalue weighted by molar-refractivity contribution is -0.120. The fourth-order valence-corrected chi connectivity index (χ4v) is 2.46. The minimum Gasteiger partial charge on any atom is -0.273 e. The minimum absolute atomic E-state index is 0.113. The summed E-state index contributed by atoms with van der Waals surface area (Å²) in [4.78, 5) is 12.7. The predicted molar refractivity (Wildman–Crippen MR) is 76.4 cm³/mol. The van der Waals surface area contributed by atoms with Crippen LogP contribution >= 0.6 is 11.3 Å². The molecule has 0 aromatic carbocycles. The molecule has 0 saturated carbocycles. The quantitative estimate of drug-likeness (QED) is 0.683. The van der Waals surface area contributed by atoms with Gasteiger partial charge in [-0.2, -0.15) is 10.2 Å². The topological polar surface area (TPSA) is 59.3 Å². The maximum Gasteiger partial charge on any atom is 0.245 e. The number of nitrogens with zero attached hydrogens (tertiary/aromatic N) is 3. The fraction of sp³-hybridized carbons (Fsp3) is 0.308. The molecule has 0 bridgehead atoms. The molecular formula is C13H16N4OS. The monoisotopic (exact) mass is 276 g/mol. The summed E-state index contributed by atoms with van der Waals surface area (Å²) in [6, 6.07) is 3.86. The number of amides is 1.